The fraction of sp³-hybridized carbons (Fsp3) is 1.00. The second kappa shape index (κ2) is 5.50. The molecule has 16 heavy (non-hydrogen) atoms. The summed E-state index contributed by atoms with van der Waals surface area (Å²) in [5.74, 6) is 1.80. The standard InChI is InChI=1S/C14H28N2/c1-11-5-4-6-13(9-11)16(3)10-14-12(2)7-8-15-14/h11-15H,4-10H2,1-3H3. The summed E-state index contributed by atoms with van der Waals surface area (Å²) >= 11 is 0. The number of nitrogens with one attached hydrogen (secondary N) is 1. The molecule has 1 N–H and O–H groups in total. The highest BCUT2D eigenvalue weighted by Gasteiger charge is 2.28. The van der Waals surface area contributed by atoms with Crippen LogP contribution >= 0.6 is 0 Å². The van der Waals surface area contributed by atoms with Crippen molar-refractivity contribution in [2.45, 2.75) is 58.0 Å². The molecular weight excluding hydrogens is 196 g/mol. The van der Waals surface area contributed by atoms with E-state index in [0.29, 0.717) is 0 Å². The fourth-order valence-electron chi connectivity index (χ4n) is 3.41. The van der Waals surface area contributed by atoms with Crippen LogP contribution in [-0.4, -0.2) is 37.1 Å². The van der Waals surface area contributed by atoms with Gasteiger partial charge in [0.25, 0.3) is 0 Å². The Hall–Kier alpha value is -0.0800. The van der Waals surface area contributed by atoms with E-state index in [1.165, 1.54) is 45.2 Å². The molecular formula is C14H28N2. The third kappa shape index (κ3) is 2.98. The van der Waals surface area contributed by atoms with E-state index in [2.05, 4.69) is 31.1 Å². The molecule has 4 atom stereocenters. The highest BCUT2D eigenvalue weighted by Crippen LogP contribution is 2.27. The zero-order valence-corrected chi connectivity index (χ0v) is 11.2. The van der Waals surface area contributed by atoms with Crippen molar-refractivity contribution in [2.24, 2.45) is 11.8 Å². The van der Waals surface area contributed by atoms with Crippen LogP contribution in [0.15, 0.2) is 0 Å². The summed E-state index contributed by atoms with van der Waals surface area (Å²) in [6.07, 6.45) is 7.07. The van der Waals surface area contributed by atoms with Crippen LogP contribution in [-0.2, 0) is 0 Å². The molecule has 0 radical (unpaired) electrons. The van der Waals surface area contributed by atoms with E-state index in [1.807, 2.05) is 0 Å². The van der Waals surface area contributed by atoms with Gasteiger partial charge in [-0.05, 0) is 44.7 Å². The maximum Gasteiger partial charge on any atom is 0.0221 e. The second-order valence-corrected chi connectivity index (χ2v) is 6.19. The minimum Gasteiger partial charge on any atom is -0.312 e. The number of hydrogen-bond acceptors (Lipinski definition) is 2. The highest BCUT2D eigenvalue weighted by atomic mass is 15.2. The van der Waals surface area contributed by atoms with Crippen molar-refractivity contribution in [1.82, 2.24) is 10.2 Å². The predicted molar refractivity (Wildman–Crippen MR) is 69.6 cm³/mol. The van der Waals surface area contributed by atoms with Crippen LogP contribution in [0.25, 0.3) is 0 Å². The number of likely N-dealkylation sites (N-methyl/N-ethyl adjacent to an activating group) is 1. The van der Waals surface area contributed by atoms with Crippen LogP contribution in [0.2, 0.25) is 0 Å². The molecule has 1 aliphatic carbocycles. The average Bonchev–Trinajstić information content (AvgIpc) is 2.64. The van der Waals surface area contributed by atoms with Gasteiger partial charge >= 0.3 is 0 Å². The zero-order chi connectivity index (χ0) is 11.5. The van der Waals surface area contributed by atoms with Crippen molar-refractivity contribution >= 4 is 0 Å². The molecule has 0 spiro atoms. The van der Waals surface area contributed by atoms with Gasteiger partial charge in [-0.25, -0.2) is 0 Å². The van der Waals surface area contributed by atoms with Gasteiger partial charge in [0.2, 0.25) is 0 Å². The Balaban J connectivity index is 1.80. The maximum absolute atomic E-state index is 3.65. The topological polar surface area (TPSA) is 15.3 Å². The quantitative estimate of drug-likeness (QED) is 0.792. The molecule has 2 nitrogen and oxygen atoms in total. The van der Waals surface area contributed by atoms with Gasteiger partial charge in [-0.3, -0.25) is 0 Å². The molecule has 2 fully saturated rings. The SMILES string of the molecule is CC1CCCC(N(C)CC2NCCC2C)C1. The van der Waals surface area contributed by atoms with Gasteiger partial charge in [0.05, 0.1) is 0 Å². The minimum atomic E-state index is 0.738. The lowest BCUT2D eigenvalue weighted by molar-refractivity contribution is 0.147. The van der Waals surface area contributed by atoms with Crippen molar-refractivity contribution < 1.29 is 0 Å². The van der Waals surface area contributed by atoms with Crippen LogP contribution in [0.1, 0.15) is 46.0 Å². The Kier molecular flexibility index (Phi) is 4.26. The van der Waals surface area contributed by atoms with Crippen LogP contribution in [0, 0.1) is 11.8 Å². The minimum absolute atomic E-state index is 0.738. The zero-order valence-electron chi connectivity index (χ0n) is 11.2. The largest absolute Gasteiger partial charge is 0.312 e. The van der Waals surface area contributed by atoms with E-state index in [9.17, 15) is 0 Å². The highest BCUT2D eigenvalue weighted by molar-refractivity contribution is 4.86. The molecule has 0 aromatic carbocycles. The van der Waals surface area contributed by atoms with Gasteiger partial charge < -0.3 is 10.2 Å². The van der Waals surface area contributed by atoms with Gasteiger partial charge in [0, 0.05) is 18.6 Å². The number of nitrogens with zero attached hydrogens (tertiary/aromatic N) is 1. The molecule has 94 valence electrons. The molecule has 0 bridgehead atoms. The normalized spacial score (nSPS) is 40.5. The van der Waals surface area contributed by atoms with Crippen molar-refractivity contribution in [2.75, 3.05) is 20.1 Å². The van der Waals surface area contributed by atoms with E-state index in [1.54, 1.807) is 0 Å². The summed E-state index contributed by atoms with van der Waals surface area (Å²) in [5.41, 5.74) is 0. The van der Waals surface area contributed by atoms with E-state index < -0.39 is 0 Å². The first-order valence-electron chi connectivity index (χ1n) is 7.10. The summed E-state index contributed by atoms with van der Waals surface area (Å²) in [6.45, 7) is 7.28. The van der Waals surface area contributed by atoms with Crippen molar-refractivity contribution in [3.05, 3.63) is 0 Å². The van der Waals surface area contributed by atoms with Gasteiger partial charge in [0.1, 0.15) is 0 Å². The van der Waals surface area contributed by atoms with E-state index in [0.717, 1.165) is 23.9 Å². The summed E-state index contributed by atoms with van der Waals surface area (Å²) in [7, 11) is 2.33. The second-order valence-electron chi connectivity index (χ2n) is 6.19. The maximum atomic E-state index is 3.65. The lowest BCUT2D eigenvalue weighted by atomic mass is 9.86. The summed E-state index contributed by atoms with van der Waals surface area (Å²) in [4.78, 5) is 2.62. The average molecular weight is 224 g/mol. The Labute approximate surface area is 101 Å². The fourth-order valence-corrected chi connectivity index (χ4v) is 3.41. The van der Waals surface area contributed by atoms with Crippen LogP contribution in [0.5, 0.6) is 0 Å². The van der Waals surface area contributed by atoms with E-state index in [4.69, 9.17) is 0 Å². The van der Waals surface area contributed by atoms with Crippen molar-refractivity contribution in [3.8, 4) is 0 Å². The van der Waals surface area contributed by atoms with Crippen molar-refractivity contribution in [3.63, 3.8) is 0 Å². The molecule has 1 aliphatic heterocycles. The molecule has 0 aromatic heterocycles. The van der Waals surface area contributed by atoms with Crippen LogP contribution in [0.4, 0.5) is 0 Å². The van der Waals surface area contributed by atoms with Crippen LogP contribution in [0.3, 0.4) is 0 Å². The molecule has 1 saturated heterocycles. The Morgan fingerprint density at radius 2 is 2.00 bits per heavy atom. The van der Waals surface area contributed by atoms with E-state index >= 15 is 0 Å². The predicted octanol–water partition coefficient (Wildman–Crippen LogP) is 2.49. The molecule has 2 heteroatoms. The molecule has 0 amide bonds. The Morgan fingerprint density at radius 1 is 1.19 bits per heavy atom. The lowest BCUT2D eigenvalue weighted by Gasteiger charge is -2.36. The smallest absolute Gasteiger partial charge is 0.0221 e. The summed E-state index contributed by atoms with van der Waals surface area (Å²) < 4.78 is 0. The third-order valence-electron chi connectivity index (χ3n) is 4.71. The number of rotatable bonds is 3. The lowest BCUT2D eigenvalue weighted by Crippen LogP contribution is -2.44. The molecule has 4 unspecified atom stereocenters. The molecule has 2 aliphatic rings. The first-order chi connectivity index (χ1) is 7.66. The first kappa shape index (κ1) is 12.4. The Bertz CT molecular complexity index is 217. The summed E-state index contributed by atoms with van der Waals surface area (Å²) in [6, 6.07) is 1.58. The van der Waals surface area contributed by atoms with E-state index in [-0.39, 0.29) is 0 Å². The molecule has 1 saturated carbocycles. The Morgan fingerprint density at radius 3 is 2.62 bits per heavy atom. The van der Waals surface area contributed by atoms with Gasteiger partial charge in [0.15, 0.2) is 0 Å². The van der Waals surface area contributed by atoms with Crippen molar-refractivity contribution in [1.29, 1.82) is 0 Å². The van der Waals surface area contributed by atoms with Gasteiger partial charge in [-0.1, -0.05) is 26.7 Å². The van der Waals surface area contributed by atoms with Crippen LogP contribution < -0.4 is 5.32 Å². The number of hydrogen-bond donors (Lipinski definition) is 1. The molecule has 0 aromatic rings. The monoisotopic (exact) mass is 224 g/mol. The molecule has 2 rings (SSSR count). The summed E-state index contributed by atoms with van der Waals surface area (Å²) in [5, 5.41) is 3.65. The molecule has 1 heterocycles. The third-order valence-corrected chi connectivity index (χ3v) is 4.71. The first-order valence-corrected chi connectivity index (χ1v) is 7.10. The van der Waals surface area contributed by atoms with Gasteiger partial charge in [-0.15, -0.1) is 0 Å². The van der Waals surface area contributed by atoms with Gasteiger partial charge in [-0.2, -0.15) is 0 Å².